The van der Waals surface area contributed by atoms with E-state index in [-0.39, 0.29) is 12.5 Å². The molecule has 0 spiro atoms. The normalized spacial score (nSPS) is 10.3. The molecule has 0 saturated carbocycles. The van der Waals surface area contributed by atoms with Crippen molar-refractivity contribution in [1.82, 2.24) is 5.43 Å². The van der Waals surface area contributed by atoms with Gasteiger partial charge in [0.1, 0.15) is 5.75 Å². The van der Waals surface area contributed by atoms with Crippen molar-refractivity contribution in [3.05, 3.63) is 63.6 Å². The summed E-state index contributed by atoms with van der Waals surface area (Å²) in [5.74, 6) is 0.240. The molecular formula is C17H14BrN3O2. The molecule has 2 aromatic carbocycles. The van der Waals surface area contributed by atoms with E-state index < -0.39 is 0 Å². The maximum Gasteiger partial charge on any atom is 0.277 e. The molecule has 1 N–H and O–H groups in total. The summed E-state index contributed by atoms with van der Waals surface area (Å²) in [5, 5.41) is 12.6. The van der Waals surface area contributed by atoms with Crippen LogP contribution in [0, 0.1) is 18.3 Å². The van der Waals surface area contributed by atoms with E-state index in [9.17, 15) is 4.79 Å². The molecule has 1 amide bonds. The standard InChI is InChI=1S/C17H14BrN3O2/c1-12-2-7-16(15(18)8-12)23-11-17(22)21-20-10-14-5-3-13(9-19)4-6-14/h2-8,10H,11H2,1H3,(H,21,22). The molecule has 2 rings (SSSR count). The van der Waals surface area contributed by atoms with Gasteiger partial charge in [-0.25, -0.2) is 5.43 Å². The quantitative estimate of drug-likeness (QED) is 0.647. The van der Waals surface area contributed by atoms with Crippen molar-refractivity contribution in [3.8, 4) is 11.8 Å². The van der Waals surface area contributed by atoms with Crippen LogP contribution in [0.4, 0.5) is 0 Å². The summed E-state index contributed by atoms with van der Waals surface area (Å²) >= 11 is 3.38. The SMILES string of the molecule is Cc1ccc(OCC(=O)NN=Cc2ccc(C#N)cc2)c(Br)c1. The van der Waals surface area contributed by atoms with Crippen LogP contribution in [0.25, 0.3) is 0 Å². The number of carbonyl (C=O) groups is 1. The molecule has 116 valence electrons. The van der Waals surface area contributed by atoms with Crippen molar-refractivity contribution in [2.24, 2.45) is 5.10 Å². The first kappa shape index (κ1) is 16.7. The average Bonchev–Trinajstić information content (AvgIpc) is 2.54. The Bertz CT molecular complexity index is 764. The summed E-state index contributed by atoms with van der Waals surface area (Å²) in [6, 6.07) is 14.5. The van der Waals surface area contributed by atoms with Crippen LogP contribution in [0.5, 0.6) is 5.75 Å². The smallest absolute Gasteiger partial charge is 0.277 e. The Balaban J connectivity index is 1.82. The number of halogens is 1. The van der Waals surface area contributed by atoms with Crippen molar-refractivity contribution in [3.63, 3.8) is 0 Å². The van der Waals surface area contributed by atoms with E-state index in [1.807, 2.05) is 25.1 Å². The van der Waals surface area contributed by atoms with Crippen molar-refractivity contribution >= 4 is 28.1 Å². The minimum atomic E-state index is -0.359. The molecule has 5 nitrogen and oxygen atoms in total. The molecule has 0 heterocycles. The van der Waals surface area contributed by atoms with Crippen molar-refractivity contribution in [2.75, 3.05) is 6.61 Å². The van der Waals surface area contributed by atoms with E-state index in [4.69, 9.17) is 10.00 Å². The Kier molecular flexibility index (Phi) is 5.89. The molecule has 0 radical (unpaired) electrons. The van der Waals surface area contributed by atoms with Gasteiger partial charge in [-0.3, -0.25) is 4.79 Å². The van der Waals surface area contributed by atoms with Gasteiger partial charge in [0.05, 0.1) is 22.3 Å². The van der Waals surface area contributed by atoms with E-state index in [0.29, 0.717) is 11.3 Å². The van der Waals surface area contributed by atoms with E-state index >= 15 is 0 Å². The fraction of sp³-hybridized carbons (Fsp3) is 0.118. The van der Waals surface area contributed by atoms with Crippen molar-refractivity contribution in [1.29, 1.82) is 5.26 Å². The number of aryl methyl sites for hydroxylation is 1. The van der Waals surface area contributed by atoms with Crippen LogP contribution >= 0.6 is 15.9 Å². The number of hydrogen-bond donors (Lipinski definition) is 1. The average molecular weight is 372 g/mol. The number of amides is 1. The summed E-state index contributed by atoms with van der Waals surface area (Å²) < 4.78 is 6.22. The van der Waals surface area contributed by atoms with Crippen LogP contribution in [0.15, 0.2) is 52.0 Å². The third-order valence-corrected chi connectivity index (χ3v) is 3.51. The Labute approximate surface area is 142 Å². The van der Waals surface area contributed by atoms with Crippen LogP contribution < -0.4 is 10.2 Å². The molecule has 0 aliphatic carbocycles. The molecule has 0 fully saturated rings. The molecule has 0 aliphatic heterocycles. The summed E-state index contributed by atoms with van der Waals surface area (Å²) in [5.41, 5.74) is 4.84. The van der Waals surface area contributed by atoms with Gasteiger partial charge in [-0.15, -0.1) is 0 Å². The first-order valence-corrected chi connectivity index (χ1v) is 7.59. The lowest BCUT2D eigenvalue weighted by molar-refractivity contribution is -0.123. The van der Waals surface area contributed by atoms with Gasteiger partial charge in [-0.1, -0.05) is 18.2 Å². The highest BCUT2D eigenvalue weighted by Gasteiger charge is 2.04. The van der Waals surface area contributed by atoms with Gasteiger partial charge in [0.15, 0.2) is 6.61 Å². The van der Waals surface area contributed by atoms with E-state index in [1.165, 1.54) is 6.21 Å². The largest absolute Gasteiger partial charge is 0.483 e. The minimum Gasteiger partial charge on any atom is -0.483 e. The predicted octanol–water partition coefficient (Wildman–Crippen LogP) is 3.16. The number of hydrogen-bond acceptors (Lipinski definition) is 4. The lowest BCUT2D eigenvalue weighted by atomic mass is 10.2. The minimum absolute atomic E-state index is 0.133. The number of nitrogens with zero attached hydrogens (tertiary/aromatic N) is 2. The van der Waals surface area contributed by atoms with Gasteiger partial charge in [0, 0.05) is 0 Å². The fourth-order valence-electron chi connectivity index (χ4n) is 1.72. The molecule has 0 atom stereocenters. The van der Waals surface area contributed by atoms with Crippen molar-refractivity contribution in [2.45, 2.75) is 6.92 Å². The highest BCUT2D eigenvalue weighted by atomic mass is 79.9. The molecule has 0 bridgehead atoms. The number of nitriles is 1. The first-order chi connectivity index (χ1) is 11.1. The Morgan fingerprint density at radius 1 is 1.35 bits per heavy atom. The maximum atomic E-state index is 11.7. The number of benzene rings is 2. The maximum absolute atomic E-state index is 11.7. The fourth-order valence-corrected chi connectivity index (χ4v) is 2.33. The number of carbonyl (C=O) groups excluding carboxylic acids is 1. The third kappa shape index (κ3) is 5.24. The Morgan fingerprint density at radius 3 is 2.74 bits per heavy atom. The molecule has 2 aromatic rings. The zero-order valence-corrected chi connectivity index (χ0v) is 14.0. The van der Waals surface area contributed by atoms with Crippen LogP contribution in [-0.2, 0) is 4.79 Å². The third-order valence-electron chi connectivity index (χ3n) is 2.89. The second-order valence-electron chi connectivity index (χ2n) is 4.75. The zero-order chi connectivity index (χ0) is 16.7. The van der Waals surface area contributed by atoms with Crippen LogP contribution in [0.3, 0.4) is 0 Å². The van der Waals surface area contributed by atoms with Crippen LogP contribution in [0.1, 0.15) is 16.7 Å². The Morgan fingerprint density at radius 2 is 2.09 bits per heavy atom. The van der Waals surface area contributed by atoms with E-state index in [1.54, 1.807) is 30.3 Å². The second-order valence-corrected chi connectivity index (χ2v) is 5.60. The molecular weight excluding hydrogens is 358 g/mol. The number of hydrazone groups is 1. The molecule has 23 heavy (non-hydrogen) atoms. The lowest BCUT2D eigenvalue weighted by Crippen LogP contribution is -2.24. The second kappa shape index (κ2) is 8.11. The van der Waals surface area contributed by atoms with E-state index in [0.717, 1.165) is 15.6 Å². The van der Waals surface area contributed by atoms with Gasteiger partial charge in [0.25, 0.3) is 5.91 Å². The van der Waals surface area contributed by atoms with Gasteiger partial charge in [-0.05, 0) is 58.2 Å². The van der Waals surface area contributed by atoms with Gasteiger partial charge in [-0.2, -0.15) is 10.4 Å². The van der Waals surface area contributed by atoms with Gasteiger partial charge in [0.2, 0.25) is 0 Å². The van der Waals surface area contributed by atoms with E-state index in [2.05, 4.69) is 26.5 Å². The first-order valence-electron chi connectivity index (χ1n) is 6.79. The summed E-state index contributed by atoms with van der Waals surface area (Å²) in [6.45, 7) is 1.84. The summed E-state index contributed by atoms with van der Waals surface area (Å²) in [4.78, 5) is 11.7. The number of nitrogens with one attached hydrogen (secondary N) is 1. The molecule has 0 aromatic heterocycles. The summed E-state index contributed by atoms with van der Waals surface area (Å²) in [7, 11) is 0. The topological polar surface area (TPSA) is 74.5 Å². The van der Waals surface area contributed by atoms with Crippen molar-refractivity contribution < 1.29 is 9.53 Å². The number of rotatable bonds is 5. The van der Waals surface area contributed by atoms with Crippen LogP contribution in [0.2, 0.25) is 0 Å². The zero-order valence-electron chi connectivity index (χ0n) is 12.4. The highest BCUT2D eigenvalue weighted by Crippen LogP contribution is 2.25. The Hall–Kier alpha value is -2.65. The molecule has 0 aliphatic rings. The van der Waals surface area contributed by atoms with Crippen LogP contribution in [-0.4, -0.2) is 18.7 Å². The number of ether oxygens (including phenoxy) is 1. The predicted molar refractivity (Wildman–Crippen MR) is 91.3 cm³/mol. The summed E-state index contributed by atoms with van der Waals surface area (Å²) in [6.07, 6.45) is 1.50. The molecule has 0 unspecified atom stereocenters. The molecule has 6 heteroatoms. The highest BCUT2D eigenvalue weighted by molar-refractivity contribution is 9.10. The van der Waals surface area contributed by atoms with Gasteiger partial charge >= 0.3 is 0 Å². The monoisotopic (exact) mass is 371 g/mol. The molecule has 0 saturated heterocycles. The van der Waals surface area contributed by atoms with Gasteiger partial charge < -0.3 is 4.74 Å². The lowest BCUT2D eigenvalue weighted by Gasteiger charge is -2.07.